The van der Waals surface area contributed by atoms with Gasteiger partial charge in [0.1, 0.15) is 0 Å². The molecule has 0 saturated heterocycles. The molecule has 0 heterocycles. The number of hydrogen-bond acceptors (Lipinski definition) is 3. The maximum atomic E-state index is 6.30. The highest BCUT2D eigenvalue weighted by atomic mass is 28.4. The van der Waals surface area contributed by atoms with Crippen LogP contribution >= 0.6 is 0 Å². The maximum absolute atomic E-state index is 6.30. The van der Waals surface area contributed by atoms with E-state index in [1.807, 2.05) is 0 Å². The van der Waals surface area contributed by atoms with Gasteiger partial charge in [0.15, 0.2) is 0 Å². The minimum Gasteiger partial charge on any atom is -0.370 e. The Morgan fingerprint density at radius 2 is 1.26 bits per heavy atom. The molecule has 0 saturated carbocycles. The van der Waals surface area contributed by atoms with Crippen molar-refractivity contribution < 1.29 is 13.3 Å². The van der Waals surface area contributed by atoms with E-state index in [1.165, 1.54) is 5.56 Å². The summed E-state index contributed by atoms with van der Waals surface area (Å²) in [5.41, 5.74) is 1.22. The van der Waals surface area contributed by atoms with E-state index < -0.39 is 8.80 Å². The molecule has 0 aliphatic heterocycles. The van der Waals surface area contributed by atoms with Gasteiger partial charge in [0.25, 0.3) is 0 Å². The molecule has 0 N–H and O–H groups in total. The summed E-state index contributed by atoms with van der Waals surface area (Å²) in [5, 5.41) is 1.10. The Morgan fingerprint density at radius 1 is 0.783 bits per heavy atom. The lowest BCUT2D eigenvalue weighted by Crippen LogP contribution is -2.57. The zero-order valence-corrected chi connectivity index (χ0v) is 16.4. The largest absolute Gasteiger partial charge is 0.537 e. The third kappa shape index (κ3) is 7.17. The van der Waals surface area contributed by atoms with Gasteiger partial charge in [-0.15, -0.1) is 0 Å². The fourth-order valence-corrected chi connectivity index (χ4v) is 4.96. The number of benzene rings is 1. The first-order chi connectivity index (χ1) is 11.2. The summed E-state index contributed by atoms with van der Waals surface area (Å²) in [6, 6.07) is 8.44. The van der Waals surface area contributed by atoms with Gasteiger partial charge < -0.3 is 13.3 Å². The second-order valence-electron chi connectivity index (χ2n) is 6.03. The molecule has 4 heteroatoms. The summed E-state index contributed by atoms with van der Waals surface area (Å²) in [7, 11) is -2.81. The van der Waals surface area contributed by atoms with Crippen molar-refractivity contribution >= 4 is 14.0 Å². The molecule has 0 aliphatic carbocycles. The van der Waals surface area contributed by atoms with Crippen LogP contribution in [0.15, 0.2) is 24.3 Å². The average Bonchev–Trinajstić information content (AvgIpc) is 2.55. The Bertz CT molecular complexity index is 396. The van der Waals surface area contributed by atoms with Gasteiger partial charge in [-0.25, -0.2) is 0 Å². The fourth-order valence-electron chi connectivity index (χ4n) is 2.26. The van der Waals surface area contributed by atoms with E-state index in [0.29, 0.717) is 19.8 Å². The molecule has 0 atom stereocenters. The van der Waals surface area contributed by atoms with Crippen LogP contribution in [0.5, 0.6) is 0 Å². The van der Waals surface area contributed by atoms with Crippen molar-refractivity contribution in [3.8, 4) is 0 Å². The van der Waals surface area contributed by atoms with Crippen LogP contribution in [-0.2, 0) is 13.3 Å². The van der Waals surface area contributed by atoms with Crippen molar-refractivity contribution in [1.29, 1.82) is 0 Å². The Kier molecular flexibility index (Phi) is 10.4. The van der Waals surface area contributed by atoms with Crippen molar-refractivity contribution in [2.75, 3.05) is 19.8 Å². The lowest BCUT2D eigenvalue weighted by molar-refractivity contribution is 0.0700. The highest BCUT2D eigenvalue weighted by Crippen LogP contribution is 2.15. The quantitative estimate of drug-likeness (QED) is 0.389. The molecule has 0 unspecified atom stereocenters. The molecule has 1 rings (SSSR count). The molecule has 0 fully saturated rings. The SMILES string of the molecule is CCCCO[Si](OCCCC)(OCCCC)c1cccc(C)c1. The predicted molar refractivity (Wildman–Crippen MR) is 99.1 cm³/mol. The zero-order valence-electron chi connectivity index (χ0n) is 15.4. The van der Waals surface area contributed by atoms with Gasteiger partial charge in [-0.2, -0.15) is 0 Å². The number of unbranched alkanes of at least 4 members (excludes halogenated alkanes) is 3. The number of hydrogen-bond donors (Lipinski definition) is 0. The number of rotatable bonds is 13. The van der Waals surface area contributed by atoms with Gasteiger partial charge in [-0.3, -0.25) is 0 Å². The van der Waals surface area contributed by atoms with Crippen molar-refractivity contribution in [3.63, 3.8) is 0 Å². The van der Waals surface area contributed by atoms with Crippen molar-refractivity contribution in [3.05, 3.63) is 29.8 Å². The maximum Gasteiger partial charge on any atom is 0.537 e. The summed E-state index contributed by atoms with van der Waals surface area (Å²) in [6.07, 6.45) is 6.45. The Morgan fingerprint density at radius 3 is 1.65 bits per heavy atom. The summed E-state index contributed by atoms with van der Waals surface area (Å²) >= 11 is 0. The topological polar surface area (TPSA) is 27.7 Å². The van der Waals surface area contributed by atoms with Crippen LogP contribution in [0, 0.1) is 6.92 Å². The Labute approximate surface area is 143 Å². The van der Waals surface area contributed by atoms with Crippen molar-refractivity contribution in [2.45, 2.75) is 66.2 Å². The van der Waals surface area contributed by atoms with Crippen LogP contribution in [0.1, 0.15) is 64.9 Å². The third-order valence-electron chi connectivity index (χ3n) is 3.74. The van der Waals surface area contributed by atoms with Crippen molar-refractivity contribution in [1.82, 2.24) is 0 Å². The Hall–Kier alpha value is -0.683. The predicted octanol–water partition coefficient (Wildman–Crippen LogP) is 4.59. The first kappa shape index (κ1) is 20.4. The van der Waals surface area contributed by atoms with E-state index >= 15 is 0 Å². The van der Waals surface area contributed by atoms with Gasteiger partial charge in [-0.1, -0.05) is 69.9 Å². The summed E-state index contributed by atoms with van der Waals surface area (Å²) < 4.78 is 18.9. The molecule has 1 aromatic rings. The summed E-state index contributed by atoms with van der Waals surface area (Å²) in [5.74, 6) is 0. The Balaban J connectivity index is 2.98. The first-order valence-electron chi connectivity index (χ1n) is 9.17. The average molecular weight is 339 g/mol. The second kappa shape index (κ2) is 11.8. The standard InChI is InChI=1S/C19H34O3Si/c1-5-8-14-20-23(21-15-9-6-2,22-16-10-7-3)19-13-11-12-18(4)17-19/h11-13,17H,5-10,14-16H2,1-4H3. The number of aryl methyl sites for hydroxylation is 1. The van der Waals surface area contributed by atoms with Gasteiger partial charge in [-0.05, 0) is 26.2 Å². The molecule has 132 valence electrons. The molecule has 0 amide bonds. The minimum absolute atomic E-state index is 0.703. The lowest BCUT2D eigenvalue weighted by atomic mass is 10.2. The molecule has 1 aromatic carbocycles. The van der Waals surface area contributed by atoms with E-state index in [0.717, 1.165) is 43.7 Å². The van der Waals surface area contributed by atoms with E-state index in [1.54, 1.807) is 0 Å². The molecular formula is C19H34O3Si. The van der Waals surface area contributed by atoms with Crippen LogP contribution in [0.2, 0.25) is 0 Å². The third-order valence-corrected chi connectivity index (χ3v) is 6.51. The second-order valence-corrected chi connectivity index (χ2v) is 8.59. The molecule has 0 bridgehead atoms. The highest BCUT2D eigenvalue weighted by Gasteiger charge is 2.43. The molecule has 3 nitrogen and oxygen atoms in total. The van der Waals surface area contributed by atoms with Crippen molar-refractivity contribution in [2.24, 2.45) is 0 Å². The minimum atomic E-state index is -2.81. The van der Waals surface area contributed by atoms with E-state index in [2.05, 4.69) is 52.0 Å². The van der Waals surface area contributed by atoms with Gasteiger partial charge >= 0.3 is 8.80 Å². The molecule has 0 radical (unpaired) electrons. The molecular weight excluding hydrogens is 304 g/mol. The zero-order chi connectivity index (χ0) is 17.0. The van der Waals surface area contributed by atoms with E-state index in [-0.39, 0.29) is 0 Å². The molecule has 0 aliphatic rings. The van der Waals surface area contributed by atoms with Crippen LogP contribution in [0.4, 0.5) is 0 Å². The van der Waals surface area contributed by atoms with Gasteiger partial charge in [0.2, 0.25) is 0 Å². The lowest BCUT2D eigenvalue weighted by Gasteiger charge is -2.30. The van der Waals surface area contributed by atoms with Crippen LogP contribution in [-0.4, -0.2) is 28.6 Å². The van der Waals surface area contributed by atoms with Crippen LogP contribution in [0.25, 0.3) is 0 Å². The monoisotopic (exact) mass is 338 g/mol. The van der Waals surface area contributed by atoms with Crippen LogP contribution < -0.4 is 5.19 Å². The normalized spacial score (nSPS) is 11.8. The summed E-state index contributed by atoms with van der Waals surface area (Å²) in [4.78, 5) is 0. The molecule has 0 spiro atoms. The molecule has 23 heavy (non-hydrogen) atoms. The summed E-state index contributed by atoms with van der Waals surface area (Å²) in [6.45, 7) is 10.7. The first-order valence-corrected chi connectivity index (χ1v) is 10.9. The van der Waals surface area contributed by atoms with Crippen LogP contribution in [0.3, 0.4) is 0 Å². The van der Waals surface area contributed by atoms with E-state index in [4.69, 9.17) is 13.3 Å². The fraction of sp³-hybridized carbons (Fsp3) is 0.684. The van der Waals surface area contributed by atoms with Gasteiger partial charge in [0.05, 0.1) is 0 Å². The highest BCUT2D eigenvalue weighted by molar-refractivity contribution is 6.75. The molecule has 0 aromatic heterocycles. The van der Waals surface area contributed by atoms with E-state index in [9.17, 15) is 0 Å². The van der Waals surface area contributed by atoms with Gasteiger partial charge in [0, 0.05) is 25.0 Å². The smallest absolute Gasteiger partial charge is 0.370 e.